The Bertz CT molecular complexity index is 724. The number of aromatic amines is 1. The summed E-state index contributed by atoms with van der Waals surface area (Å²) in [6.45, 7) is 7.51. The van der Waals surface area contributed by atoms with E-state index < -0.39 is 0 Å². The van der Waals surface area contributed by atoms with Crippen molar-refractivity contribution in [1.82, 2.24) is 25.2 Å². The molecule has 20 heavy (non-hydrogen) atoms. The van der Waals surface area contributed by atoms with E-state index in [2.05, 4.69) is 64.2 Å². The Kier molecular flexibility index (Phi) is 3.26. The van der Waals surface area contributed by atoms with E-state index in [1.54, 1.807) is 0 Å². The molecule has 0 aliphatic rings. The summed E-state index contributed by atoms with van der Waals surface area (Å²) in [5, 5.41) is 15.4. The summed E-state index contributed by atoms with van der Waals surface area (Å²) in [5.41, 5.74) is 5.35. The number of tetrazole rings is 1. The van der Waals surface area contributed by atoms with Crippen molar-refractivity contribution in [3.05, 3.63) is 40.8 Å². The maximum absolute atomic E-state index is 3.99. The molecule has 0 radical (unpaired) electrons. The summed E-state index contributed by atoms with van der Waals surface area (Å²) >= 11 is 0. The van der Waals surface area contributed by atoms with Crippen LogP contribution >= 0.6 is 0 Å². The Labute approximate surface area is 118 Å². The lowest BCUT2D eigenvalue weighted by Crippen LogP contribution is -2.02. The van der Waals surface area contributed by atoms with Gasteiger partial charge in [0.05, 0.1) is 0 Å². The highest BCUT2D eigenvalue weighted by Crippen LogP contribution is 2.25. The molecule has 0 saturated carbocycles. The van der Waals surface area contributed by atoms with Gasteiger partial charge in [-0.3, -0.25) is 0 Å². The average Bonchev–Trinajstić information content (AvgIpc) is 3.04. The minimum absolute atomic E-state index is 0.783. The van der Waals surface area contributed by atoms with Crippen LogP contribution in [0.1, 0.15) is 29.1 Å². The van der Waals surface area contributed by atoms with Crippen LogP contribution in [0.5, 0.6) is 0 Å². The van der Waals surface area contributed by atoms with Crippen LogP contribution in [0, 0.1) is 20.8 Å². The van der Waals surface area contributed by atoms with Crippen LogP contribution in [0.15, 0.2) is 18.2 Å². The first-order valence-electron chi connectivity index (χ1n) is 6.95. The molecule has 0 aliphatic carbocycles. The molecule has 3 aromatic rings. The summed E-state index contributed by atoms with van der Waals surface area (Å²) in [5.74, 6) is 0.783. The summed E-state index contributed by atoms with van der Waals surface area (Å²) in [6, 6.07) is 6.71. The Balaban J connectivity index is 1.84. The van der Waals surface area contributed by atoms with Crippen LogP contribution in [-0.4, -0.2) is 25.2 Å². The monoisotopic (exact) mass is 269 g/mol. The van der Waals surface area contributed by atoms with Crippen LogP contribution in [0.2, 0.25) is 0 Å². The molecule has 0 aliphatic heterocycles. The smallest absolute Gasteiger partial charge is 0.174 e. The number of hydrogen-bond donors (Lipinski definition) is 1. The molecule has 2 aromatic heterocycles. The largest absolute Gasteiger partial charge is 0.345 e. The minimum atomic E-state index is 0.783. The van der Waals surface area contributed by atoms with Crippen molar-refractivity contribution in [3.63, 3.8) is 0 Å². The van der Waals surface area contributed by atoms with Gasteiger partial charge >= 0.3 is 0 Å². The predicted octanol–water partition coefficient (Wildman–Crippen LogP) is 2.71. The number of fused-ring (bicyclic) bond motifs is 1. The number of nitrogens with zero attached hydrogens (tertiary/aromatic N) is 4. The molecular weight excluding hydrogens is 250 g/mol. The van der Waals surface area contributed by atoms with E-state index in [1.807, 2.05) is 0 Å². The van der Waals surface area contributed by atoms with E-state index in [9.17, 15) is 0 Å². The Morgan fingerprint density at radius 3 is 2.80 bits per heavy atom. The lowest BCUT2D eigenvalue weighted by atomic mass is 10.1. The highest BCUT2D eigenvalue weighted by atomic mass is 15.5. The maximum atomic E-state index is 3.99. The second kappa shape index (κ2) is 5.07. The van der Waals surface area contributed by atoms with Crippen molar-refractivity contribution in [2.45, 2.75) is 40.2 Å². The molecule has 0 spiro atoms. The number of aryl methyl sites for hydroxylation is 5. The molecule has 5 heteroatoms. The third-order valence-corrected chi connectivity index (χ3v) is 4.00. The number of H-pyrrole nitrogens is 1. The first kappa shape index (κ1) is 12.8. The third kappa shape index (κ3) is 2.19. The molecule has 2 heterocycles. The SMILES string of the molecule is Cc1ccc2c(cc(C)n2CCCc2nn[nH]n2)c1C. The van der Waals surface area contributed by atoms with Crippen molar-refractivity contribution in [1.29, 1.82) is 0 Å². The summed E-state index contributed by atoms with van der Waals surface area (Å²) < 4.78 is 2.38. The Hall–Kier alpha value is -2.17. The van der Waals surface area contributed by atoms with E-state index in [0.29, 0.717) is 0 Å². The highest BCUT2D eigenvalue weighted by molar-refractivity contribution is 5.85. The van der Waals surface area contributed by atoms with Crippen molar-refractivity contribution in [2.24, 2.45) is 0 Å². The minimum Gasteiger partial charge on any atom is -0.345 e. The fourth-order valence-electron chi connectivity index (χ4n) is 2.70. The normalized spacial score (nSPS) is 11.3. The zero-order valence-electron chi connectivity index (χ0n) is 12.1. The Morgan fingerprint density at radius 1 is 1.20 bits per heavy atom. The van der Waals surface area contributed by atoms with Gasteiger partial charge < -0.3 is 4.57 Å². The predicted molar refractivity (Wildman–Crippen MR) is 78.6 cm³/mol. The second-order valence-electron chi connectivity index (χ2n) is 5.31. The van der Waals surface area contributed by atoms with Gasteiger partial charge in [0.1, 0.15) is 0 Å². The number of aromatic nitrogens is 5. The molecule has 0 bridgehead atoms. The molecule has 3 rings (SSSR count). The average molecular weight is 269 g/mol. The molecule has 1 N–H and O–H groups in total. The van der Waals surface area contributed by atoms with Gasteiger partial charge in [-0.05, 0) is 50.5 Å². The number of hydrogen-bond acceptors (Lipinski definition) is 3. The lowest BCUT2D eigenvalue weighted by molar-refractivity contribution is 0.634. The van der Waals surface area contributed by atoms with Gasteiger partial charge in [0.2, 0.25) is 0 Å². The molecular formula is C15H19N5. The first-order chi connectivity index (χ1) is 9.66. The van der Waals surface area contributed by atoms with Crippen LogP contribution in [-0.2, 0) is 13.0 Å². The fourth-order valence-corrected chi connectivity index (χ4v) is 2.70. The molecule has 0 unspecified atom stereocenters. The third-order valence-electron chi connectivity index (χ3n) is 4.00. The molecule has 1 aromatic carbocycles. The number of benzene rings is 1. The summed E-state index contributed by atoms with van der Waals surface area (Å²) in [4.78, 5) is 0. The van der Waals surface area contributed by atoms with Crippen molar-refractivity contribution < 1.29 is 0 Å². The summed E-state index contributed by atoms with van der Waals surface area (Å²) in [7, 11) is 0. The number of nitrogens with one attached hydrogen (secondary N) is 1. The van der Waals surface area contributed by atoms with E-state index in [1.165, 1.54) is 27.7 Å². The van der Waals surface area contributed by atoms with Gasteiger partial charge in [-0.25, -0.2) is 0 Å². The van der Waals surface area contributed by atoms with E-state index >= 15 is 0 Å². The number of rotatable bonds is 4. The van der Waals surface area contributed by atoms with Crippen molar-refractivity contribution in [2.75, 3.05) is 0 Å². The van der Waals surface area contributed by atoms with Crippen LogP contribution in [0.25, 0.3) is 10.9 Å². The van der Waals surface area contributed by atoms with Crippen LogP contribution < -0.4 is 0 Å². The first-order valence-corrected chi connectivity index (χ1v) is 6.95. The molecule has 0 fully saturated rings. The van der Waals surface area contributed by atoms with Gasteiger partial charge in [0.25, 0.3) is 0 Å². The van der Waals surface area contributed by atoms with Crippen molar-refractivity contribution in [3.8, 4) is 0 Å². The van der Waals surface area contributed by atoms with Gasteiger partial charge in [-0.1, -0.05) is 11.3 Å². The molecule has 5 nitrogen and oxygen atoms in total. The zero-order chi connectivity index (χ0) is 14.1. The molecule has 0 amide bonds. The fraction of sp³-hybridized carbons (Fsp3) is 0.400. The maximum Gasteiger partial charge on any atom is 0.174 e. The quantitative estimate of drug-likeness (QED) is 0.792. The summed E-state index contributed by atoms with van der Waals surface area (Å²) in [6.07, 6.45) is 1.86. The van der Waals surface area contributed by atoms with Crippen molar-refractivity contribution >= 4 is 10.9 Å². The van der Waals surface area contributed by atoms with E-state index in [0.717, 1.165) is 25.2 Å². The van der Waals surface area contributed by atoms with Gasteiger partial charge in [-0.2, -0.15) is 5.21 Å². The Morgan fingerprint density at radius 2 is 2.05 bits per heavy atom. The van der Waals surface area contributed by atoms with E-state index in [4.69, 9.17) is 0 Å². The van der Waals surface area contributed by atoms with E-state index in [-0.39, 0.29) is 0 Å². The van der Waals surface area contributed by atoms with Crippen LogP contribution in [0.3, 0.4) is 0 Å². The molecule has 104 valence electrons. The zero-order valence-corrected chi connectivity index (χ0v) is 12.1. The van der Waals surface area contributed by atoms with Gasteiger partial charge in [-0.15, -0.1) is 10.2 Å². The topological polar surface area (TPSA) is 59.4 Å². The van der Waals surface area contributed by atoms with Gasteiger partial charge in [0.15, 0.2) is 5.82 Å². The second-order valence-corrected chi connectivity index (χ2v) is 5.31. The standard InChI is InChI=1S/C15H19N5/c1-10-6-7-14-13(12(10)3)9-11(2)20(14)8-4-5-15-16-18-19-17-15/h6-7,9H,4-5,8H2,1-3H3,(H,16,17,18,19). The highest BCUT2D eigenvalue weighted by Gasteiger charge is 2.09. The van der Waals surface area contributed by atoms with Gasteiger partial charge in [0, 0.05) is 29.6 Å². The molecule has 0 atom stereocenters. The molecule has 0 saturated heterocycles. The lowest BCUT2D eigenvalue weighted by Gasteiger charge is -2.08. The van der Waals surface area contributed by atoms with Crippen LogP contribution in [0.4, 0.5) is 0 Å².